The molecule has 0 unspecified atom stereocenters. The Balaban J connectivity index is 3.17. The number of thioether (sulfide) groups is 1. The van der Waals surface area contributed by atoms with E-state index in [0.29, 0.717) is 0 Å². The zero-order valence-electron chi connectivity index (χ0n) is 18.0. The number of carbonyl (C=O) groups is 2. The zero-order chi connectivity index (χ0) is 22.2. The smallest absolute Gasteiger partial charge is 0.321 e. The lowest BCUT2D eigenvalue weighted by atomic mass is 9.95. The minimum absolute atomic E-state index is 0.0577. The quantitative estimate of drug-likeness (QED) is 0.451. The maximum absolute atomic E-state index is 12.5. The molecule has 166 valence electrons. The predicted molar refractivity (Wildman–Crippen MR) is 115 cm³/mol. The van der Waals surface area contributed by atoms with E-state index in [0.717, 1.165) is 30.2 Å². The summed E-state index contributed by atoms with van der Waals surface area (Å²) < 4.78 is 11.1. The fourth-order valence-electron chi connectivity index (χ4n) is 2.98. The van der Waals surface area contributed by atoms with Gasteiger partial charge in [0.1, 0.15) is 12.1 Å². The molecule has 6 atom stereocenters. The maximum Gasteiger partial charge on any atom is 0.321 e. The van der Waals surface area contributed by atoms with E-state index < -0.39 is 28.8 Å². The first-order valence-corrected chi connectivity index (χ1v) is 10.9. The molecule has 0 spiro atoms. The van der Waals surface area contributed by atoms with Crippen LogP contribution in [-0.2, 0) is 19.1 Å². The molecule has 0 aromatic carbocycles. The van der Waals surface area contributed by atoms with Gasteiger partial charge >= 0.3 is 11.9 Å². The van der Waals surface area contributed by atoms with Crippen molar-refractivity contribution in [3.8, 4) is 0 Å². The van der Waals surface area contributed by atoms with Gasteiger partial charge in [-0.1, -0.05) is 25.2 Å². The van der Waals surface area contributed by atoms with Crippen LogP contribution in [0.1, 0.15) is 47.0 Å². The molecule has 0 aliphatic carbocycles. The Kier molecular flexibility index (Phi) is 10.4. The number of carboxylic acid groups (broad SMARTS) is 1. The number of hydrogen-bond acceptors (Lipinski definition) is 7. The van der Waals surface area contributed by atoms with Gasteiger partial charge < -0.3 is 25.4 Å². The number of allylic oxidation sites excluding steroid dienone is 1. The Bertz CT molecular complexity index is 618. The predicted octanol–water partition coefficient (Wildman–Crippen LogP) is 2.52. The van der Waals surface area contributed by atoms with Gasteiger partial charge in [-0.2, -0.15) is 11.8 Å². The highest BCUT2D eigenvalue weighted by molar-refractivity contribution is 8.00. The summed E-state index contributed by atoms with van der Waals surface area (Å²) in [5, 5.41) is 19.5. The van der Waals surface area contributed by atoms with E-state index in [2.05, 4.69) is 6.08 Å². The molecule has 29 heavy (non-hydrogen) atoms. The number of carbonyl (C=O) groups excluding carboxylic acids is 1. The molecule has 0 amide bonds. The van der Waals surface area contributed by atoms with E-state index in [9.17, 15) is 14.7 Å². The zero-order valence-corrected chi connectivity index (χ0v) is 18.8. The fourth-order valence-corrected chi connectivity index (χ4v) is 4.23. The molecule has 0 saturated carbocycles. The van der Waals surface area contributed by atoms with Crippen LogP contribution in [0.2, 0.25) is 0 Å². The molecule has 0 aromatic heterocycles. The van der Waals surface area contributed by atoms with Crippen LogP contribution in [0, 0.1) is 5.92 Å². The summed E-state index contributed by atoms with van der Waals surface area (Å²) in [4.78, 5) is 23.5. The lowest BCUT2D eigenvalue weighted by molar-refractivity contribution is -0.151. The number of carboxylic acids is 1. The molecule has 7 nitrogen and oxygen atoms in total. The number of rotatable bonds is 5. The molecular formula is C21H35NO6S. The molecule has 0 bridgehead atoms. The van der Waals surface area contributed by atoms with Crippen LogP contribution >= 0.6 is 11.8 Å². The molecule has 4 N–H and O–H groups in total. The molecule has 8 heteroatoms. The number of esters is 1. The average molecular weight is 430 g/mol. The lowest BCUT2D eigenvalue weighted by Gasteiger charge is -2.31. The molecule has 1 aliphatic rings. The van der Waals surface area contributed by atoms with Crippen LogP contribution in [0.3, 0.4) is 0 Å². The van der Waals surface area contributed by atoms with Crippen molar-refractivity contribution in [2.45, 2.75) is 76.1 Å². The summed E-state index contributed by atoms with van der Waals surface area (Å²) in [7, 11) is 1.60. The number of aliphatic hydroxyl groups is 1. The Morgan fingerprint density at radius 1 is 1.48 bits per heavy atom. The molecule has 1 heterocycles. The SMILES string of the molecule is CO[C@@H]1/C=C\[C@](C)(O)[C@H](SC[C@H](N)C(=O)O)CC(=O)O[C@@H](C)[C@H](C)CC/C=C\1C. The summed E-state index contributed by atoms with van der Waals surface area (Å²) >= 11 is 1.15. The van der Waals surface area contributed by atoms with Gasteiger partial charge in [-0.25, -0.2) is 0 Å². The number of methoxy groups -OCH3 is 1. The normalized spacial score (nSPS) is 36.2. The van der Waals surface area contributed by atoms with Crippen LogP contribution < -0.4 is 5.73 Å². The van der Waals surface area contributed by atoms with Crippen LogP contribution in [0.15, 0.2) is 23.8 Å². The number of ether oxygens (including phenoxy) is 2. The highest BCUT2D eigenvalue weighted by Crippen LogP contribution is 2.30. The topological polar surface area (TPSA) is 119 Å². The summed E-state index contributed by atoms with van der Waals surface area (Å²) in [6, 6.07) is -1.08. The van der Waals surface area contributed by atoms with Gasteiger partial charge in [0, 0.05) is 18.1 Å². The second-order valence-electron chi connectivity index (χ2n) is 7.91. The lowest BCUT2D eigenvalue weighted by Crippen LogP contribution is -2.40. The minimum atomic E-state index is -1.39. The van der Waals surface area contributed by atoms with Crippen molar-refractivity contribution in [2.24, 2.45) is 11.7 Å². The third-order valence-corrected chi connectivity index (χ3v) is 6.91. The van der Waals surface area contributed by atoms with Gasteiger partial charge in [-0.3, -0.25) is 9.59 Å². The van der Waals surface area contributed by atoms with Gasteiger partial charge in [-0.05, 0) is 45.1 Å². The first kappa shape index (κ1) is 25.7. The number of aliphatic carboxylic acids is 1. The highest BCUT2D eigenvalue weighted by atomic mass is 32.2. The van der Waals surface area contributed by atoms with Gasteiger partial charge in [0.05, 0.1) is 18.1 Å². The Labute approximate surface area is 177 Å². The molecule has 0 aromatic rings. The van der Waals surface area contributed by atoms with E-state index >= 15 is 0 Å². The van der Waals surface area contributed by atoms with Crippen molar-refractivity contribution >= 4 is 23.7 Å². The van der Waals surface area contributed by atoms with Crippen molar-refractivity contribution < 1.29 is 29.3 Å². The molecular weight excluding hydrogens is 394 g/mol. The van der Waals surface area contributed by atoms with Crippen molar-refractivity contribution in [1.29, 1.82) is 0 Å². The summed E-state index contributed by atoms with van der Waals surface area (Å²) in [6.07, 6.45) is 6.56. The van der Waals surface area contributed by atoms with E-state index in [1.54, 1.807) is 26.2 Å². The first-order chi connectivity index (χ1) is 13.5. The first-order valence-electron chi connectivity index (χ1n) is 9.88. The third kappa shape index (κ3) is 8.50. The van der Waals surface area contributed by atoms with Crippen molar-refractivity contribution in [1.82, 2.24) is 0 Å². The third-order valence-electron chi connectivity index (χ3n) is 5.32. The van der Waals surface area contributed by atoms with Crippen LogP contribution in [0.25, 0.3) is 0 Å². The van der Waals surface area contributed by atoms with E-state index in [-0.39, 0.29) is 30.3 Å². The Morgan fingerprint density at radius 2 is 2.14 bits per heavy atom. The number of nitrogens with two attached hydrogens (primary N) is 1. The standard InChI is InChI=1S/C21H35NO6S/c1-13-7-6-8-14(2)17(27-5)9-10-21(4,26)18(11-19(23)28-15(13)3)29-12-16(22)20(24)25/h8-10,13,15-18,26H,6-7,11-12,22H2,1-5H3,(H,24,25)/b10-9-,14-8-/t13-,15+,16+,17-,18-,21+/m1/s1. The summed E-state index contributed by atoms with van der Waals surface area (Å²) in [5.74, 6) is -1.31. The second-order valence-corrected chi connectivity index (χ2v) is 9.15. The molecule has 0 saturated heterocycles. The highest BCUT2D eigenvalue weighted by Gasteiger charge is 2.34. The number of cyclic esters (lactones) is 1. The van der Waals surface area contributed by atoms with Crippen LogP contribution in [0.4, 0.5) is 0 Å². The van der Waals surface area contributed by atoms with E-state index in [1.807, 2.05) is 20.8 Å². The van der Waals surface area contributed by atoms with Crippen molar-refractivity contribution in [2.75, 3.05) is 12.9 Å². The largest absolute Gasteiger partial charge is 0.480 e. The maximum atomic E-state index is 12.5. The van der Waals surface area contributed by atoms with E-state index in [4.69, 9.17) is 20.3 Å². The Hall–Kier alpha value is -1.35. The van der Waals surface area contributed by atoms with Gasteiger partial charge in [0.15, 0.2) is 0 Å². The summed E-state index contributed by atoms with van der Waals surface area (Å²) in [5.41, 5.74) is 5.25. The number of hydrogen-bond donors (Lipinski definition) is 3. The molecule has 0 fully saturated rings. The Morgan fingerprint density at radius 3 is 2.72 bits per heavy atom. The van der Waals surface area contributed by atoms with Crippen LogP contribution in [0.5, 0.6) is 0 Å². The molecule has 1 rings (SSSR count). The molecule has 1 aliphatic heterocycles. The summed E-state index contributed by atoms with van der Waals surface area (Å²) in [6.45, 7) is 7.47. The minimum Gasteiger partial charge on any atom is -0.480 e. The van der Waals surface area contributed by atoms with Gasteiger partial charge in [0.25, 0.3) is 0 Å². The average Bonchev–Trinajstić information content (AvgIpc) is 2.63. The van der Waals surface area contributed by atoms with Crippen LogP contribution in [-0.4, -0.2) is 64.1 Å². The fraction of sp³-hybridized carbons (Fsp3) is 0.714. The second kappa shape index (κ2) is 11.7. The van der Waals surface area contributed by atoms with E-state index in [1.165, 1.54) is 0 Å². The molecule has 0 radical (unpaired) electrons. The van der Waals surface area contributed by atoms with Crippen molar-refractivity contribution in [3.05, 3.63) is 23.8 Å². The van der Waals surface area contributed by atoms with Gasteiger partial charge in [0.2, 0.25) is 0 Å². The van der Waals surface area contributed by atoms with Crippen molar-refractivity contribution in [3.63, 3.8) is 0 Å². The van der Waals surface area contributed by atoms with Gasteiger partial charge in [-0.15, -0.1) is 0 Å². The monoisotopic (exact) mass is 429 g/mol.